The van der Waals surface area contributed by atoms with Crippen LogP contribution in [-0.2, 0) is 20.2 Å². The van der Waals surface area contributed by atoms with E-state index in [2.05, 4.69) is 5.32 Å². The van der Waals surface area contributed by atoms with Crippen molar-refractivity contribution >= 4 is 7.60 Å². The van der Waals surface area contributed by atoms with E-state index in [1.807, 2.05) is 30.3 Å². The molecule has 1 atom stereocenters. The Balaban J connectivity index is 2.34. The highest BCUT2D eigenvalue weighted by molar-refractivity contribution is 7.53. The van der Waals surface area contributed by atoms with Crippen molar-refractivity contribution in [1.29, 1.82) is 0 Å². The number of aliphatic hydroxyl groups excluding tert-OH is 1. The minimum atomic E-state index is -3.18. The van der Waals surface area contributed by atoms with Gasteiger partial charge in [-0.3, -0.25) is 4.57 Å². The molecule has 114 valence electrons. The molecule has 5 nitrogen and oxygen atoms in total. The summed E-state index contributed by atoms with van der Waals surface area (Å²) in [6.45, 7) is 5.13. The Hall–Kier alpha value is -0.710. The third-order valence-electron chi connectivity index (χ3n) is 2.64. The van der Waals surface area contributed by atoms with E-state index in [0.717, 1.165) is 5.56 Å². The van der Waals surface area contributed by atoms with E-state index in [1.54, 1.807) is 13.8 Å². The minimum absolute atomic E-state index is 0.0104. The predicted molar refractivity (Wildman–Crippen MR) is 79.9 cm³/mol. The summed E-state index contributed by atoms with van der Waals surface area (Å²) in [4.78, 5) is 0. The largest absolute Gasteiger partial charge is 0.391 e. The molecule has 1 aromatic carbocycles. The van der Waals surface area contributed by atoms with Crippen LogP contribution in [0.3, 0.4) is 0 Å². The Morgan fingerprint density at radius 3 is 2.35 bits per heavy atom. The SMILES string of the molecule is CCOP(=O)(CC(O)CNCc1ccccc1)OCC. The van der Waals surface area contributed by atoms with E-state index in [9.17, 15) is 9.67 Å². The van der Waals surface area contributed by atoms with Crippen LogP contribution in [0.15, 0.2) is 30.3 Å². The van der Waals surface area contributed by atoms with Crippen molar-refractivity contribution in [3.05, 3.63) is 35.9 Å². The standard InChI is InChI=1S/C14H24NO4P/c1-3-18-20(17,19-4-2)12-14(16)11-15-10-13-8-6-5-7-9-13/h5-9,14-16H,3-4,10-12H2,1-2H3. The Bertz CT molecular complexity index is 403. The Labute approximate surface area is 120 Å². The molecule has 0 aliphatic heterocycles. The third-order valence-corrected chi connectivity index (χ3v) is 4.81. The molecule has 1 aromatic rings. The molecule has 1 unspecified atom stereocenters. The maximum absolute atomic E-state index is 12.2. The average molecular weight is 301 g/mol. The maximum Gasteiger partial charge on any atom is 0.333 e. The molecule has 0 amide bonds. The lowest BCUT2D eigenvalue weighted by molar-refractivity contribution is 0.166. The van der Waals surface area contributed by atoms with E-state index in [0.29, 0.717) is 26.3 Å². The van der Waals surface area contributed by atoms with Crippen LogP contribution >= 0.6 is 7.60 Å². The van der Waals surface area contributed by atoms with Gasteiger partial charge in [-0.05, 0) is 19.4 Å². The zero-order valence-electron chi connectivity index (χ0n) is 12.1. The van der Waals surface area contributed by atoms with Gasteiger partial charge < -0.3 is 19.5 Å². The number of aliphatic hydroxyl groups is 1. The average Bonchev–Trinajstić information content (AvgIpc) is 2.40. The summed E-state index contributed by atoms with van der Waals surface area (Å²) in [7, 11) is -3.18. The van der Waals surface area contributed by atoms with Crippen molar-refractivity contribution in [1.82, 2.24) is 5.32 Å². The molecule has 0 aliphatic carbocycles. The molecular weight excluding hydrogens is 277 g/mol. The molecule has 0 aliphatic rings. The Morgan fingerprint density at radius 2 is 1.80 bits per heavy atom. The van der Waals surface area contributed by atoms with Crippen LogP contribution in [0.25, 0.3) is 0 Å². The van der Waals surface area contributed by atoms with Crippen molar-refractivity contribution < 1.29 is 18.7 Å². The molecule has 0 heterocycles. The molecule has 20 heavy (non-hydrogen) atoms. The van der Waals surface area contributed by atoms with Crippen molar-refractivity contribution in [3.63, 3.8) is 0 Å². The Morgan fingerprint density at radius 1 is 1.20 bits per heavy atom. The van der Waals surface area contributed by atoms with Gasteiger partial charge in [0.05, 0.1) is 25.5 Å². The van der Waals surface area contributed by atoms with Gasteiger partial charge in [0.1, 0.15) is 0 Å². The Kier molecular flexibility index (Phi) is 8.04. The van der Waals surface area contributed by atoms with Crippen molar-refractivity contribution in [2.75, 3.05) is 25.9 Å². The lowest BCUT2D eigenvalue weighted by atomic mass is 10.2. The maximum atomic E-state index is 12.2. The van der Waals surface area contributed by atoms with Crippen LogP contribution < -0.4 is 5.32 Å². The van der Waals surface area contributed by atoms with E-state index >= 15 is 0 Å². The fourth-order valence-corrected chi connectivity index (χ4v) is 3.56. The molecule has 6 heteroatoms. The molecule has 0 aromatic heterocycles. The first-order valence-electron chi connectivity index (χ1n) is 6.90. The second-order valence-corrected chi connectivity index (χ2v) is 6.50. The number of benzene rings is 1. The van der Waals surface area contributed by atoms with Crippen molar-refractivity contribution in [2.45, 2.75) is 26.5 Å². The van der Waals surface area contributed by atoms with Gasteiger partial charge in [-0.15, -0.1) is 0 Å². The van der Waals surface area contributed by atoms with Crippen LogP contribution in [0.5, 0.6) is 0 Å². The minimum Gasteiger partial charge on any atom is -0.391 e. The first kappa shape index (κ1) is 17.3. The normalized spacial score (nSPS) is 13.3. The van der Waals surface area contributed by atoms with Gasteiger partial charge >= 0.3 is 7.60 Å². The first-order chi connectivity index (χ1) is 9.59. The third kappa shape index (κ3) is 6.64. The highest BCUT2D eigenvalue weighted by Gasteiger charge is 2.27. The summed E-state index contributed by atoms with van der Waals surface area (Å²) in [6, 6.07) is 9.89. The van der Waals surface area contributed by atoms with E-state index < -0.39 is 13.7 Å². The van der Waals surface area contributed by atoms with Gasteiger partial charge in [-0.2, -0.15) is 0 Å². The van der Waals surface area contributed by atoms with Gasteiger partial charge in [0.15, 0.2) is 0 Å². The molecule has 0 spiro atoms. The predicted octanol–water partition coefficient (Wildman–Crippen LogP) is 2.40. The van der Waals surface area contributed by atoms with Gasteiger partial charge in [0.25, 0.3) is 0 Å². The molecule has 0 saturated carbocycles. The topological polar surface area (TPSA) is 67.8 Å². The zero-order valence-corrected chi connectivity index (χ0v) is 13.0. The molecule has 0 fully saturated rings. The van der Waals surface area contributed by atoms with E-state index in [1.165, 1.54) is 0 Å². The molecule has 0 saturated heterocycles. The second kappa shape index (κ2) is 9.27. The van der Waals surface area contributed by atoms with Gasteiger partial charge in [-0.1, -0.05) is 30.3 Å². The number of nitrogens with one attached hydrogen (secondary N) is 1. The van der Waals surface area contributed by atoms with E-state index in [4.69, 9.17) is 9.05 Å². The smallest absolute Gasteiger partial charge is 0.333 e. The van der Waals surface area contributed by atoms with Gasteiger partial charge in [-0.25, -0.2) is 0 Å². The highest BCUT2D eigenvalue weighted by atomic mass is 31.2. The molecule has 0 bridgehead atoms. The van der Waals surface area contributed by atoms with Crippen LogP contribution in [0.4, 0.5) is 0 Å². The monoisotopic (exact) mass is 301 g/mol. The summed E-state index contributed by atoms with van der Waals surface area (Å²) < 4.78 is 22.5. The lowest BCUT2D eigenvalue weighted by Crippen LogP contribution is -2.29. The second-order valence-electron chi connectivity index (χ2n) is 4.40. The fourth-order valence-electron chi connectivity index (χ4n) is 1.84. The van der Waals surface area contributed by atoms with Crippen molar-refractivity contribution in [3.8, 4) is 0 Å². The molecule has 1 rings (SSSR count). The quantitative estimate of drug-likeness (QED) is 0.650. The molecular formula is C14H24NO4P. The van der Waals surface area contributed by atoms with Crippen LogP contribution in [-0.4, -0.2) is 37.1 Å². The summed E-state index contributed by atoms with van der Waals surface area (Å²) in [5.41, 5.74) is 1.14. The summed E-state index contributed by atoms with van der Waals surface area (Å²) in [6.07, 6.45) is -0.751. The molecule has 0 radical (unpaired) electrons. The number of hydrogen-bond donors (Lipinski definition) is 2. The summed E-state index contributed by atoms with van der Waals surface area (Å²) >= 11 is 0. The van der Waals surface area contributed by atoms with Crippen LogP contribution in [0, 0.1) is 0 Å². The number of hydrogen-bond acceptors (Lipinski definition) is 5. The first-order valence-corrected chi connectivity index (χ1v) is 8.63. The summed E-state index contributed by atoms with van der Waals surface area (Å²) in [5.74, 6) is 0. The van der Waals surface area contributed by atoms with Crippen LogP contribution in [0.1, 0.15) is 19.4 Å². The highest BCUT2D eigenvalue weighted by Crippen LogP contribution is 2.48. The van der Waals surface area contributed by atoms with Crippen molar-refractivity contribution in [2.24, 2.45) is 0 Å². The fraction of sp³-hybridized carbons (Fsp3) is 0.571. The van der Waals surface area contributed by atoms with Gasteiger partial charge in [0.2, 0.25) is 0 Å². The molecule has 2 N–H and O–H groups in total. The van der Waals surface area contributed by atoms with Gasteiger partial charge in [0, 0.05) is 13.1 Å². The lowest BCUT2D eigenvalue weighted by Gasteiger charge is -2.20. The van der Waals surface area contributed by atoms with Crippen LogP contribution in [0.2, 0.25) is 0 Å². The number of rotatable bonds is 10. The van der Waals surface area contributed by atoms with E-state index in [-0.39, 0.29) is 6.16 Å². The summed E-state index contributed by atoms with van der Waals surface area (Å²) in [5, 5.41) is 13.0. The zero-order chi connectivity index (χ0) is 14.8.